The van der Waals surface area contributed by atoms with Crippen molar-refractivity contribution in [2.45, 2.75) is 0 Å². The molecule has 1 aromatic rings. The Morgan fingerprint density at radius 2 is 1.50 bits per heavy atom. The van der Waals surface area contributed by atoms with Gasteiger partial charge in [0.15, 0.2) is 0 Å². The average molecular weight is 193 g/mol. The molecule has 0 heterocycles. The first-order chi connectivity index (χ1) is 6.76. The fourth-order valence-corrected chi connectivity index (χ4v) is 1.10. The van der Waals surface area contributed by atoms with Crippen molar-refractivity contribution in [3.05, 3.63) is 23.5 Å². The lowest BCUT2D eigenvalue weighted by Gasteiger charge is -2.10. The van der Waals surface area contributed by atoms with E-state index in [1.807, 2.05) is 0 Å². The zero-order chi connectivity index (χ0) is 10.6. The molecule has 0 saturated carbocycles. The van der Waals surface area contributed by atoms with Gasteiger partial charge in [-0.3, -0.25) is 0 Å². The highest BCUT2D eigenvalue weighted by Crippen LogP contribution is 2.40. The first kappa shape index (κ1) is 10.2. The third-order valence-corrected chi connectivity index (χ3v) is 1.80. The van der Waals surface area contributed by atoms with Crippen LogP contribution in [0.25, 0.3) is 4.85 Å². The van der Waals surface area contributed by atoms with Gasteiger partial charge in [0.1, 0.15) is 17.2 Å². The van der Waals surface area contributed by atoms with E-state index in [-0.39, 0.29) is 0 Å². The van der Waals surface area contributed by atoms with Crippen LogP contribution in [-0.2, 0) is 0 Å². The molecule has 74 valence electrons. The van der Waals surface area contributed by atoms with Gasteiger partial charge in [0.2, 0.25) is 0 Å². The van der Waals surface area contributed by atoms with Gasteiger partial charge in [0, 0.05) is 12.1 Å². The summed E-state index contributed by atoms with van der Waals surface area (Å²) in [7, 11) is 4.55. The van der Waals surface area contributed by atoms with Crippen LogP contribution in [-0.4, -0.2) is 21.3 Å². The predicted octanol–water partition coefficient (Wildman–Crippen LogP) is 2.26. The van der Waals surface area contributed by atoms with Gasteiger partial charge < -0.3 is 14.2 Å². The van der Waals surface area contributed by atoms with E-state index < -0.39 is 0 Å². The van der Waals surface area contributed by atoms with Crippen molar-refractivity contribution in [2.75, 3.05) is 21.3 Å². The van der Waals surface area contributed by atoms with E-state index in [2.05, 4.69) is 4.85 Å². The molecule has 0 aromatic heterocycles. The van der Waals surface area contributed by atoms with E-state index >= 15 is 0 Å². The van der Waals surface area contributed by atoms with Gasteiger partial charge in [0.05, 0.1) is 27.9 Å². The lowest BCUT2D eigenvalue weighted by Crippen LogP contribution is -1.90. The van der Waals surface area contributed by atoms with Gasteiger partial charge in [-0.05, 0) is 0 Å². The Bertz CT molecular complexity index is 343. The quantitative estimate of drug-likeness (QED) is 0.690. The monoisotopic (exact) mass is 193 g/mol. The summed E-state index contributed by atoms with van der Waals surface area (Å²) in [6.45, 7) is 6.98. The van der Waals surface area contributed by atoms with Gasteiger partial charge in [0.25, 0.3) is 5.69 Å². The second kappa shape index (κ2) is 4.38. The second-order valence-corrected chi connectivity index (χ2v) is 2.49. The van der Waals surface area contributed by atoms with E-state index in [1.54, 1.807) is 19.2 Å². The minimum atomic E-state index is 0.357. The number of methoxy groups -OCH3 is 3. The topological polar surface area (TPSA) is 32.0 Å². The molecule has 0 atom stereocenters. The Hall–Kier alpha value is -1.89. The van der Waals surface area contributed by atoms with E-state index in [4.69, 9.17) is 20.8 Å². The summed E-state index contributed by atoms with van der Waals surface area (Å²) in [6.07, 6.45) is 0. The van der Waals surface area contributed by atoms with Gasteiger partial charge in [-0.15, -0.1) is 0 Å². The first-order valence-corrected chi connectivity index (χ1v) is 3.94. The third-order valence-electron chi connectivity index (χ3n) is 1.80. The van der Waals surface area contributed by atoms with Crippen LogP contribution >= 0.6 is 0 Å². The highest BCUT2D eigenvalue weighted by atomic mass is 16.5. The molecular formula is C10H11NO3. The van der Waals surface area contributed by atoms with Gasteiger partial charge in [-0.1, -0.05) is 0 Å². The van der Waals surface area contributed by atoms with E-state index in [9.17, 15) is 0 Å². The normalized spacial score (nSPS) is 9.00. The number of hydrogen-bond donors (Lipinski definition) is 0. The summed E-state index contributed by atoms with van der Waals surface area (Å²) in [6, 6.07) is 3.30. The van der Waals surface area contributed by atoms with Crippen LogP contribution < -0.4 is 14.2 Å². The van der Waals surface area contributed by atoms with Crippen LogP contribution in [0.15, 0.2) is 12.1 Å². The maximum absolute atomic E-state index is 6.98. The number of hydrogen-bond acceptors (Lipinski definition) is 3. The van der Waals surface area contributed by atoms with E-state index in [1.165, 1.54) is 14.2 Å². The van der Waals surface area contributed by atoms with Gasteiger partial charge in [-0.2, -0.15) is 0 Å². The minimum absolute atomic E-state index is 0.357. The fraction of sp³-hybridized carbons (Fsp3) is 0.300. The summed E-state index contributed by atoms with van der Waals surface area (Å²) in [4.78, 5) is 3.33. The average Bonchev–Trinajstić information content (AvgIpc) is 2.26. The van der Waals surface area contributed by atoms with E-state index in [0.29, 0.717) is 22.9 Å². The molecule has 0 aliphatic carbocycles. The van der Waals surface area contributed by atoms with Crippen LogP contribution in [0, 0.1) is 6.57 Å². The van der Waals surface area contributed by atoms with Crippen LogP contribution in [0.4, 0.5) is 5.69 Å². The standard InChI is InChI=1S/C10H11NO3/c1-11-10-8(13-3)5-7(12-2)6-9(10)14-4/h5-6H,2-4H3. The summed E-state index contributed by atoms with van der Waals surface area (Å²) >= 11 is 0. The second-order valence-electron chi connectivity index (χ2n) is 2.49. The molecule has 1 aromatic carbocycles. The van der Waals surface area contributed by atoms with Crippen LogP contribution in [0.3, 0.4) is 0 Å². The Morgan fingerprint density at radius 3 is 1.79 bits per heavy atom. The Labute approximate surface area is 82.8 Å². The molecule has 14 heavy (non-hydrogen) atoms. The molecule has 0 aliphatic rings. The molecule has 0 amide bonds. The van der Waals surface area contributed by atoms with Crippen molar-refractivity contribution >= 4 is 5.69 Å². The molecule has 0 N–H and O–H groups in total. The number of rotatable bonds is 3. The third kappa shape index (κ3) is 1.72. The van der Waals surface area contributed by atoms with Crippen molar-refractivity contribution < 1.29 is 14.2 Å². The maximum atomic E-state index is 6.98. The number of benzene rings is 1. The lowest BCUT2D eigenvalue weighted by molar-refractivity contribution is 0.379. The summed E-state index contributed by atoms with van der Waals surface area (Å²) in [5.74, 6) is 1.51. The van der Waals surface area contributed by atoms with Crippen LogP contribution in [0.1, 0.15) is 0 Å². The maximum Gasteiger partial charge on any atom is 0.269 e. The zero-order valence-electron chi connectivity index (χ0n) is 8.33. The van der Waals surface area contributed by atoms with Crippen molar-refractivity contribution in [1.82, 2.24) is 0 Å². The Kier molecular flexibility index (Phi) is 3.19. The summed E-state index contributed by atoms with van der Waals surface area (Å²) < 4.78 is 15.1. The van der Waals surface area contributed by atoms with E-state index in [0.717, 1.165) is 0 Å². The molecule has 0 bridgehead atoms. The molecule has 4 heteroatoms. The summed E-state index contributed by atoms with van der Waals surface area (Å²) in [5, 5.41) is 0. The Morgan fingerprint density at radius 1 is 1.00 bits per heavy atom. The van der Waals surface area contributed by atoms with Gasteiger partial charge >= 0.3 is 0 Å². The van der Waals surface area contributed by atoms with Gasteiger partial charge in [-0.25, -0.2) is 4.85 Å². The largest absolute Gasteiger partial charge is 0.507 e. The molecule has 0 radical (unpaired) electrons. The smallest absolute Gasteiger partial charge is 0.269 e. The summed E-state index contributed by atoms with van der Waals surface area (Å²) in [5.41, 5.74) is 0.357. The molecule has 0 saturated heterocycles. The molecule has 0 unspecified atom stereocenters. The minimum Gasteiger partial charge on any atom is -0.507 e. The first-order valence-electron chi connectivity index (χ1n) is 3.94. The highest BCUT2D eigenvalue weighted by Gasteiger charge is 2.12. The molecular weight excluding hydrogens is 182 g/mol. The van der Waals surface area contributed by atoms with Crippen molar-refractivity contribution in [2.24, 2.45) is 0 Å². The number of ether oxygens (including phenoxy) is 3. The molecule has 0 fully saturated rings. The molecule has 0 aliphatic heterocycles. The van der Waals surface area contributed by atoms with Crippen molar-refractivity contribution in [1.29, 1.82) is 0 Å². The van der Waals surface area contributed by atoms with Crippen LogP contribution in [0.2, 0.25) is 0 Å². The molecule has 4 nitrogen and oxygen atoms in total. The predicted molar refractivity (Wildman–Crippen MR) is 52.4 cm³/mol. The SMILES string of the molecule is [C-]#[N+]c1c(OC)cc(OC)cc1OC. The fourth-order valence-electron chi connectivity index (χ4n) is 1.10. The molecule has 0 spiro atoms. The highest BCUT2D eigenvalue weighted by molar-refractivity contribution is 5.69. The van der Waals surface area contributed by atoms with Crippen LogP contribution in [0.5, 0.6) is 17.2 Å². The number of nitrogens with zero attached hydrogens (tertiary/aromatic N) is 1. The Balaban J connectivity index is 3.34. The van der Waals surface area contributed by atoms with Crippen molar-refractivity contribution in [3.8, 4) is 17.2 Å². The molecule has 1 rings (SSSR count). The lowest BCUT2D eigenvalue weighted by atomic mass is 10.2. The van der Waals surface area contributed by atoms with Crippen molar-refractivity contribution in [3.63, 3.8) is 0 Å². The zero-order valence-corrected chi connectivity index (χ0v) is 8.33.